The van der Waals surface area contributed by atoms with Crippen LogP contribution in [-0.2, 0) is 0 Å². The second-order valence-electron chi connectivity index (χ2n) is 3.73. The monoisotopic (exact) mass is 217 g/mol. The third kappa shape index (κ3) is 1.43. The van der Waals surface area contributed by atoms with Crippen molar-refractivity contribution in [3.8, 4) is 5.75 Å². The Balaban J connectivity index is 2.04. The van der Waals surface area contributed by atoms with Crippen molar-refractivity contribution in [2.75, 3.05) is 6.61 Å². The quantitative estimate of drug-likeness (QED) is 0.732. The summed E-state index contributed by atoms with van der Waals surface area (Å²) in [6.45, 7) is 2.76. The fourth-order valence-electron chi connectivity index (χ4n) is 1.90. The first-order valence-electron chi connectivity index (χ1n) is 4.98. The summed E-state index contributed by atoms with van der Waals surface area (Å²) < 4.78 is 5.64. The van der Waals surface area contributed by atoms with Gasteiger partial charge in [0.1, 0.15) is 17.4 Å². The SMILES string of the molecule is Cc1csc(C2COc3ccccc32)n1. The molecule has 0 radical (unpaired) electrons. The molecular formula is C12H11NOS. The molecule has 1 unspecified atom stereocenters. The number of para-hydroxylation sites is 1. The minimum Gasteiger partial charge on any atom is -0.492 e. The fourth-order valence-corrected chi connectivity index (χ4v) is 2.80. The van der Waals surface area contributed by atoms with E-state index in [9.17, 15) is 0 Å². The molecule has 0 aliphatic carbocycles. The summed E-state index contributed by atoms with van der Waals surface area (Å²) in [5.74, 6) is 1.34. The van der Waals surface area contributed by atoms with E-state index in [4.69, 9.17) is 4.74 Å². The fraction of sp³-hybridized carbons (Fsp3) is 0.250. The Morgan fingerprint density at radius 3 is 3.07 bits per heavy atom. The smallest absolute Gasteiger partial charge is 0.123 e. The Hall–Kier alpha value is -1.35. The van der Waals surface area contributed by atoms with Crippen molar-refractivity contribution in [3.63, 3.8) is 0 Å². The number of hydrogen-bond acceptors (Lipinski definition) is 3. The minimum absolute atomic E-state index is 0.333. The average molecular weight is 217 g/mol. The Kier molecular flexibility index (Phi) is 1.99. The second-order valence-corrected chi connectivity index (χ2v) is 4.62. The Bertz CT molecular complexity index is 492. The molecular weight excluding hydrogens is 206 g/mol. The molecule has 0 spiro atoms. The van der Waals surface area contributed by atoms with Gasteiger partial charge in [-0.15, -0.1) is 11.3 Å². The molecule has 1 aliphatic heterocycles. The molecule has 1 atom stereocenters. The van der Waals surface area contributed by atoms with E-state index >= 15 is 0 Å². The van der Waals surface area contributed by atoms with Gasteiger partial charge in [0.15, 0.2) is 0 Å². The van der Waals surface area contributed by atoms with Gasteiger partial charge in [-0.1, -0.05) is 18.2 Å². The predicted octanol–water partition coefficient (Wildman–Crippen LogP) is 2.98. The average Bonchev–Trinajstić information content (AvgIpc) is 2.83. The molecule has 1 aliphatic rings. The van der Waals surface area contributed by atoms with Crippen LogP contribution in [0.1, 0.15) is 22.2 Å². The van der Waals surface area contributed by atoms with Crippen LogP contribution in [0.2, 0.25) is 0 Å². The molecule has 1 aromatic heterocycles. The number of aromatic nitrogens is 1. The van der Waals surface area contributed by atoms with Gasteiger partial charge in [-0.05, 0) is 13.0 Å². The van der Waals surface area contributed by atoms with Crippen molar-refractivity contribution in [3.05, 3.63) is 45.9 Å². The van der Waals surface area contributed by atoms with Crippen LogP contribution in [0.4, 0.5) is 0 Å². The number of aryl methyl sites for hydroxylation is 1. The molecule has 2 nitrogen and oxygen atoms in total. The van der Waals surface area contributed by atoms with Crippen LogP contribution in [0.5, 0.6) is 5.75 Å². The summed E-state index contributed by atoms with van der Waals surface area (Å²) in [7, 11) is 0. The summed E-state index contributed by atoms with van der Waals surface area (Å²) in [5.41, 5.74) is 2.37. The van der Waals surface area contributed by atoms with Crippen LogP contribution >= 0.6 is 11.3 Å². The van der Waals surface area contributed by atoms with Gasteiger partial charge in [0.2, 0.25) is 0 Å². The van der Waals surface area contributed by atoms with E-state index in [2.05, 4.69) is 22.5 Å². The van der Waals surface area contributed by atoms with Crippen molar-refractivity contribution in [2.24, 2.45) is 0 Å². The summed E-state index contributed by atoms with van der Waals surface area (Å²) in [5, 5.41) is 3.26. The van der Waals surface area contributed by atoms with Gasteiger partial charge in [-0.25, -0.2) is 4.98 Å². The van der Waals surface area contributed by atoms with Crippen molar-refractivity contribution >= 4 is 11.3 Å². The molecule has 0 amide bonds. The molecule has 76 valence electrons. The predicted molar refractivity (Wildman–Crippen MR) is 60.6 cm³/mol. The van der Waals surface area contributed by atoms with Gasteiger partial charge >= 0.3 is 0 Å². The highest BCUT2D eigenvalue weighted by molar-refractivity contribution is 7.09. The van der Waals surface area contributed by atoms with E-state index in [1.54, 1.807) is 11.3 Å². The highest BCUT2D eigenvalue weighted by atomic mass is 32.1. The number of ether oxygens (including phenoxy) is 1. The molecule has 2 aromatic rings. The molecule has 2 heterocycles. The van der Waals surface area contributed by atoms with Crippen LogP contribution in [0.15, 0.2) is 29.6 Å². The Morgan fingerprint density at radius 2 is 2.27 bits per heavy atom. The number of fused-ring (bicyclic) bond motifs is 1. The summed E-state index contributed by atoms with van der Waals surface area (Å²) in [6.07, 6.45) is 0. The van der Waals surface area contributed by atoms with Crippen LogP contribution < -0.4 is 4.74 Å². The number of thiazole rings is 1. The van der Waals surface area contributed by atoms with E-state index in [0.29, 0.717) is 5.92 Å². The van der Waals surface area contributed by atoms with Gasteiger partial charge < -0.3 is 4.74 Å². The largest absolute Gasteiger partial charge is 0.492 e. The lowest BCUT2D eigenvalue weighted by Crippen LogP contribution is -2.01. The van der Waals surface area contributed by atoms with E-state index in [1.807, 2.05) is 19.1 Å². The van der Waals surface area contributed by atoms with Gasteiger partial charge in [-0.2, -0.15) is 0 Å². The maximum absolute atomic E-state index is 5.64. The van der Waals surface area contributed by atoms with E-state index < -0.39 is 0 Å². The van der Waals surface area contributed by atoms with Crippen LogP contribution in [0, 0.1) is 6.92 Å². The first-order chi connectivity index (χ1) is 7.34. The summed E-state index contributed by atoms with van der Waals surface area (Å²) in [6, 6.07) is 8.22. The molecule has 0 N–H and O–H groups in total. The van der Waals surface area contributed by atoms with Crippen molar-refractivity contribution < 1.29 is 4.74 Å². The maximum atomic E-state index is 5.64. The number of rotatable bonds is 1. The van der Waals surface area contributed by atoms with E-state index in [-0.39, 0.29) is 0 Å². The molecule has 0 bridgehead atoms. The van der Waals surface area contributed by atoms with Crippen molar-refractivity contribution in [1.29, 1.82) is 0 Å². The molecule has 0 saturated heterocycles. The Labute approximate surface area is 92.6 Å². The zero-order valence-corrected chi connectivity index (χ0v) is 9.25. The second kappa shape index (κ2) is 3.35. The number of hydrogen-bond donors (Lipinski definition) is 0. The third-order valence-corrected chi connectivity index (χ3v) is 3.71. The molecule has 1 aromatic carbocycles. The van der Waals surface area contributed by atoms with Crippen molar-refractivity contribution in [2.45, 2.75) is 12.8 Å². The zero-order valence-electron chi connectivity index (χ0n) is 8.43. The highest BCUT2D eigenvalue weighted by Gasteiger charge is 2.27. The molecule has 0 saturated carbocycles. The van der Waals surface area contributed by atoms with Gasteiger partial charge in [0.25, 0.3) is 0 Å². The lowest BCUT2D eigenvalue weighted by molar-refractivity contribution is 0.343. The third-order valence-electron chi connectivity index (χ3n) is 2.63. The summed E-state index contributed by atoms with van der Waals surface area (Å²) in [4.78, 5) is 4.53. The first-order valence-corrected chi connectivity index (χ1v) is 5.86. The summed E-state index contributed by atoms with van der Waals surface area (Å²) >= 11 is 1.72. The minimum atomic E-state index is 0.333. The lowest BCUT2D eigenvalue weighted by Gasteiger charge is -2.03. The lowest BCUT2D eigenvalue weighted by atomic mass is 10.0. The highest BCUT2D eigenvalue weighted by Crippen LogP contribution is 2.38. The van der Waals surface area contributed by atoms with Gasteiger partial charge in [0, 0.05) is 16.6 Å². The first kappa shape index (κ1) is 8.92. The topological polar surface area (TPSA) is 22.1 Å². The van der Waals surface area contributed by atoms with E-state index in [1.165, 1.54) is 5.56 Å². The van der Waals surface area contributed by atoms with Crippen molar-refractivity contribution in [1.82, 2.24) is 4.98 Å². The van der Waals surface area contributed by atoms with Crippen LogP contribution in [0.3, 0.4) is 0 Å². The van der Waals surface area contributed by atoms with Crippen LogP contribution in [-0.4, -0.2) is 11.6 Å². The van der Waals surface area contributed by atoms with Gasteiger partial charge in [-0.3, -0.25) is 0 Å². The maximum Gasteiger partial charge on any atom is 0.123 e. The number of nitrogens with zero attached hydrogens (tertiary/aromatic N) is 1. The zero-order chi connectivity index (χ0) is 10.3. The van der Waals surface area contributed by atoms with E-state index in [0.717, 1.165) is 23.1 Å². The normalized spacial score (nSPS) is 18.6. The van der Waals surface area contributed by atoms with Gasteiger partial charge in [0.05, 0.1) is 5.92 Å². The Morgan fingerprint density at radius 1 is 1.40 bits per heavy atom. The standard InChI is InChI=1S/C12H11NOS/c1-8-7-15-12(13-8)10-6-14-11-5-3-2-4-9(10)11/h2-5,7,10H,6H2,1H3. The molecule has 3 heteroatoms. The van der Waals surface area contributed by atoms with Crippen LogP contribution in [0.25, 0.3) is 0 Å². The number of benzene rings is 1. The molecule has 3 rings (SSSR count). The molecule has 15 heavy (non-hydrogen) atoms. The molecule has 0 fully saturated rings.